The first-order valence-electron chi connectivity index (χ1n) is 6.65. The van der Waals surface area contributed by atoms with Crippen molar-refractivity contribution in [2.45, 2.75) is 72.6 Å². The molecule has 0 saturated heterocycles. The molecule has 0 radical (unpaired) electrons. The van der Waals surface area contributed by atoms with Crippen molar-refractivity contribution in [3.63, 3.8) is 0 Å². The van der Waals surface area contributed by atoms with Crippen LogP contribution in [-0.4, -0.2) is 11.6 Å². The number of rotatable bonds is 9. The number of carbonyl (C=O) groups excluding carboxylic acids is 2. The number of ketones is 2. The normalized spacial score (nSPS) is 11.5. The van der Waals surface area contributed by atoms with Gasteiger partial charge in [-0.15, -0.1) is 0 Å². The molecule has 0 aromatic rings. The molecule has 0 rings (SSSR count). The van der Waals surface area contributed by atoms with E-state index >= 15 is 0 Å². The fraction of sp³-hybridized carbons (Fsp3) is 0.857. The zero-order valence-electron chi connectivity index (χ0n) is 11.3. The fourth-order valence-electron chi connectivity index (χ4n) is 2.18. The molecule has 0 aromatic heterocycles. The number of Topliss-reactive ketones (excluding diaryl/α,β-unsaturated/α-hetero) is 2. The summed E-state index contributed by atoms with van der Waals surface area (Å²) in [7, 11) is 0. The third kappa shape index (κ3) is 3.73. The molecule has 0 unspecified atom stereocenters. The molecular weight excluding hydrogens is 200 g/mol. The van der Waals surface area contributed by atoms with Gasteiger partial charge in [-0.3, -0.25) is 9.59 Å². The van der Waals surface area contributed by atoms with Crippen molar-refractivity contribution in [2.24, 2.45) is 5.41 Å². The molecule has 0 aliphatic carbocycles. The summed E-state index contributed by atoms with van der Waals surface area (Å²) in [6.07, 6.45) is 5.75. The minimum absolute atomic E-state index is 0.129. The monoisotopic (exact) mass is 226 g/mol. The van der Waals surface area contributed by atoms with Crippen molar-refractivity contribution in [1.29, 1.82) is 0 Å². The van der Waals surface area contributed by atoms with E-state index in [1.54, 1.807) is 0 Å². The molecule has 16 heavy (non-hydrogen) atoms. The van der Waals surface area contributed by atoms with Crippen molar-refractivity contribution >= 4 is 11.6 Å². The molecule has 0 amide bonds. The van der Waals surface area contributed by atoms with Crippen LogP contribution in [0.2, 0.25) is 0 Å². The van der Waals surface area contributed by atoms with Crippen molar-refractivity contribution in [3.05, 3.63) is 0 Å². The molecule has 0 aliphatic rings. The van der Waals surface area contributed by atoms with E-state index in [0.29, 0.717) is 6.42 Å². The average molecular weight is 226 g/mol. The predicted molar refractivity (Wildman–Crippen MR) is 67.5 cm³/mol. The SMILES string of the molecule is CCCCCC(=O)C(=O)C(CC)(CC)CC. The third-order valence-corrected chi connectivity index (χ3v) is 3.77. The number of hydrogen-bond acceptors (Lipinski definition) is 2. The Morgan fingerprint density at radius 3 is 1.75 bits per heavy atom. The summed E-state index contributed by atoms with van der Waals surface area (Å²) >= 11 is 0. The van der Waals surface area contributed by atoms with Crippen LogP contribution in [0.1, 0.15) is 72.6 Å². The maximum atomic E-state index is 12.1. The summed E-state index contributed by atoms with van der Waals surface area (Å²) in [6, 6.07) is 0. The van der Waals surface area contributed by atoms with E-state index in [2.05, 4.69) is 6.92 Å². The largest absolute Gasteiger partial charge is 0.291 e. The summed E-state index contributed by atoms with van der Waals surface area (Å²) in [5, 5.41) is 0. The van der Waals surface area contributed by atoms with Crippen molar-refractivity contribution in [1.82, 2.24) is 0 Å². The second-order valence-corrected chi connectivity index (χ2v) is 4.55. The van der Waals surface area contributed by atoms with Crippen molar-refractivity contribution in [2.75, 3.05) is 0 Å². The van der Waals surface area contributed by atoms with Gasteiger partial charge in [-0.1, -0.05) is 40.5 Å². The molecule has 0 N–H and O–H groups in total. The summed E-state index contributed by atoms with van der Waals surface area (Å²) in [5.41, 5.74) is -0.386. The van der Waals surface area contributed by atoms with Gasteiger partial charge < -0.3 is 0 Å². The fourth-order valence-corrected chi connectivity index (χ4v) is 2.18. The lowest BCUT2D eigenvalue weighted by Gasteiger charge is -2.27. The molecular formula is C14H26O2. The van der Waals surface area contributed by atoms with Gasteiger partial charge in [-0.2, -0.15) is 0 Å². The molecule has 94 valence electrons. The number of carbonyl (C=O) groups is 2. The maximum Gasteiger partial charge on any atom is 0.204 e. The quantitative estimate of drug-likeness (QED) is 0.441. The summed E-state index contributed by atoms with van der Waals surface area (Å²) in [6.45, 7) is 8.11. The smallest absolute Gasteiger partial charge is 0.204 e. The van der Waals surface area contributed by atoms with Crippen LogP contribution in [0.4, 0.5) is 0 Å². The first kappa shape index (κ1) is 15.3. The van der Waals surface area contributed by atoms with Crippen LogP contribution in [0.15, 0.2) is 0 Å². The summed E-state index contributed by atoms with van der Waals surface area (Å²) in [4.78, 5) is 23.9. The highest BCUT2D eigenvalue weighted by atomic mass is 16.2. The second-order valence-electron chi connectivity index (χ2n) is 4.55. The molecule has 2 heteroatoms. The zero-order chi connectivity index (χ0) is 12.6. The topological polar surface area (TPSA) is 34.1 Å². The van der Waals surface area contributed by atoms with E-state index in [4.69, 9.17) is 0 Å². The lowest BCUT2D eigenvalue weighted by atomic mass is 9.74. The van der Waals surface area contributed by atoms with Gasteiger partial charge in [0.2, 0.25) is 5.78 Å². The van der Waals surface area contributed by atoms with Crippen LogP contribution in [-0.2, 0) is 9.59 Å². The van der Waals surface area contributed by atoms with Gasteiger partial charge in [-0.25, -0.2) is 0 Å². The lowest BCUT2D eigenvalue weighted by molar-refractivity contribution is -0.143. The molecule has 0 heterocycles. The average Bonchev–Trinajstić information content (AvgIpc) is 2.32. The Hall–Kier alpha value is -0.660. The molecule has 0 aromatic carbocycles. The first-order chi connectivity index (χ1) is 7.57. The summed E-state index contributed by atoms with van der Waals surface area (Å²) < 4.78 is 0. The van der Waals surface area contributed by atoms with Crippen molar-refractivity contribution in [3.8, 4) is 0 Å². The number of hydrogen-bond donors (Lipinski definition) is 0. The minimum atomic E-state index is -0.386. The van der Waals surface area contributed by atoms with Crippen LogP contribution in [0, 0.1) is 5.41 Å². The Morgan fingerprint density at radius 2 is 1.38 bits per heavy atom. The lowest BCUT2D eigenvalue weighted by Crippen LogP contribution is -2.35. The Balaban J connectivity index is 4.44. The van der Waals surface area contributed by atoms with Crippen LogP contribution < -0.4 is 0 Å². The molecule has 0 aliphatic heterocycles. The summed E-state index contributed by atoms with van der Waals surface area (Å²) in [5.74, 6) is -0.282. The maximum absolute atomic E-state index is 12.1. The van der Waals surface area contributed by atoms with Crippen LogP contribution in [0.3, 0.4) is 0 Å². The molecule has 2 nitrogen and oxygen atoms in total. The Bertz CT molecular complexity index is 219. The highest BCUT2D eigenvalue weighted by molar-refractivity contribution is 6.39. The molecule has 0 saturated carbocycles. The second kappa shape index (κ2) is 7.59. The van der Waals surface area contributed by atoms with Crippen molar-refractivity contribution < 1.29 is 9.59 Å². The van der Waals surface area contributed by atoms with E-state index in [1.165, 1.54) is 0 Å². The van der Waals surface area contributed by atoms with Crippen LogP contribution in [0.5, 0.6) is 0 Å². The molecule has 0 spiro atoms. The molecule has 0 fully saturated rings. The standard InChI is InChI=1S/C14H26O2/c1-5-9-10-11-12(15)13(16)14(6-2,7-3)8-4/h5-11H2,1-4H3. The van der Waals surface area contributed by atoms with Gasteiger partial charge in [0.15, 0.2) is 5.78 Å². The first-order valence-corrected chi connectivity index (χ1v) is 6.65. The van der Waals surface area contributed by atoms with Gasteiger partial charge in [0.05, 0.1) is 0 Å². The van der Waals surface area contributed by atoms with Gasteiger partial charge in [0.25, 0.3) is 0 Å². The van der Waals surface area contributed by atoms with Gasteiger partial charge in [-0.05, 0) is 25.7 Å². The van der Waals surface area contributed by atoms with Gasteiger partial charge in [0, 0.05) is 11.8 Å². The van der Waals surface area contributed by atoms with E-state index in [1.807, 2.05) is 20.8 Å². The van der Waals surface area contributed by atoms with Crippen LogP contribution >= 0.6 is 0 Å². The van der Waals surface area contributed by atoms with E-state index < -0.39 is 0 Å². The Labute approximate surface area is 99.8 Å². The van der Waals surface area contributed by atoms with Gasteiger partial charge in [0.1, 0.15) is 0 Å². The minimum Gasteiger partial charge on any atom is -0.291 e. The Kier molecular flexibility index (Phi) is 7.27. The molecule has 0 bridgehead atoms. The highest BCUT2D eigenvalue weighted by Gasteiger charge is 2.36. The van der Waals surface area contributed by atoms with E-state index in [9.17, 15) is 9.59 Å². The predicted octanol–water partition coefficient (Wildman–Crippen LogP) is 3.92. The highest BCUT2D eigenvalue weighted by Crippen LogP contribution is 2.32. The van der Waals surface area contributed by atoms with E-state index in [-0.39, 0.29) is 17.0 Å². The van der Waals surface area contributed by atoms with Gasteiger partial charge >= 0.3 is 0 Å². The number of unbranched alkanes of at least 4 members (excludes halogenated alkanes) is 2. The molecule has 0 atom stereocenters. The van der Waals surface area contributed by atoms with E-state index in [0.717, 1.165) is 38.5 Å². The zero-order valence-corrected chi connectivity index (χ0v) is 11.3. The third-order valence-electron chi connectivity index (χ3n) is 3.77. The van der Waals surface area contributed by atoms with Crippen LogP contribution in [0.25, 0.3) is 0 Å². The Morgan fingerprint density at radius 1 is 0.875 bits per heavy atom.